The van der Waals surface area contributed by atoms with Crippen LogP contribution >= 0.6 is 0 Å². The van der Waals surface area contributed by atoms with Gasteiger partial charge in [-0.05, 0) is 49.7 Å². The summed E-state index contributed by atoms with van der Waals surface area (Å²) in [5, 5.41) is 6.49. The minimum atomic E-state index is 0.519. The fourth-order valence-corrected chi connectivity index (χ4v) is 2.04. The fraction of sp³-hybridized carbons (Fsp3) is 0.389. The number of ether oxygens (including phenoxy) is 2. The first-order valence-electron chi connectivity index (χ1n) is 8.13. The van der Waals surface area contributed by atoms with Crippen LogP contribution < -0.4 is 20.1 Å². The van der Waals surface area contributed by atoms with Crippen LogP contribution in [-0.4, -0.2) is 32.8 Å². The third-order valence-corrected chi connectivity index (χ3v) is 3.26. The molecule has 1 heterocycles. The summed E-state index contributed by atoms with van der Waals surface area (Å²) in [6.07, 6.45) is 2.53. The van der Waals surface area contributed by atoms with Gasteiger partial charge in [-0.15, -0.1) is 0 Å². The number of guanidine groups is 1. The van der Waals surface area contributed by atoms with Crippen molar-refractivity contribution in [3.8, 4) is 11.5 Å². The lowest BCUT2D eigenvalue weighted by atomic mass is 10.3. The second kappa shape index (κ2) is 10.2. The van der Waals surface area contributed by atoms with E-state index < -0.39 is 0 Å². The SMILES string of the molecule is CCNC(=NCc1ccco1)NCCCOc1ccc(OC)cc1. The highest BCUT2D eigenvalue weighted by Gasteiger charge is 1.99. The zero-order valence-electron chi connectivity index (χ0n) is 14.2. The Labute approximate surface area is 142 Å². The van der Waals surface area contributed by atoms with Gasteiger partial charge in [0, 0.05) is 13.1 Å². The largest absolute Gasteiger partial charge is 0.497 e. The van der Waals surface area contributed by atoms with Crippen molar-refractivity contribution in [1.29, 1.82) is 0 Å². The molecule has 0 aliphatic carbocycles. The van der Waals surface area contributed by atoms with E-state index in [0.29, 0.717) is 13.2 Å². The number of hydrogen-bond donors (Lipinski definition) is 2. The molecular weight excluding hydrogens is 306 g/mol. The van der Waals surface area contributed by atoms with Gasteiger partial charge in [0.15, 0.2) is 5.96 Å². The van der Waals surface area contributed by atoms with Crippen molar-refractivity contribution in [2.45, 2.75) is 19.9 Å². The van der Waals surface area contributed by atoms with E-state index in [1.807, 2.05) is 43.3 Å². The Morgan fingerprint density at radius 1 is 1.12 bits per heavy atom. The summed E-state index contributed by atoms with van der Waals surface area (Å²) in [5.74, 6) is 3.29. The molecule has 2 N–H and O–H groups in total. The van der Waals surface area contributed by atoms with Crippen molar-refractivity contribution in [3.63, 3.8) is 0 Å². The van der Waals surface area contributed by atoms with Gasteiger partial charge in [0.25, 0.3) is 0 Å². The van der Waals surface area contributed by atoms with Crippen LogP contribution in [0.2, 0.25) is 0 Å². The van der Waals surface area contributed by atoms with Gasteiger partial charge in [-0.1, -0.05) is 0 Å². The second-order valence-corrected chi connectivity index (χ2v) is 5.08. The number of nitrogens with zero attached hydrogens (tertiary/aromatic N) is 1. The van der Waals surface area contributed by atoms with Crippen molar-refractivity contribution >= 4 is 5.96 Å². The minimum absolute atomic E-state index is 0.519. The summed E-state index contributed by atoms with van der Waals surface area (Å²) >= 11 is 0. The molecule has 0 radical (unpaired) electrons. The lowest BCUT2D eigenvalue weighted by molar-refractivity contribution is 0.310. The highest BCUT2D eigenvalue weighted by atomic mass is 16.5. The van der Waals surface area contributed by atoms with Crippen molar-refractivity contribution < 1.29 is 13.9 Å². The molecule has 0 saturated heterocycles. The summed E-state index contributed by atoms with van der Waals surface area (Å²) in [6, 6.07) is 11.4. The van der Waals surface area contributed by atoms with E-state index in [0.717, 1.165) is 42.7 Å². The Hall–Kier alpha value is -2.63. The third-order valence-electron chi connectivity index (χ3n) is 3.26. The van der Waals surface area contributed by atoms with E-state index in [2.05, 4.69) is 15.6 Å². The number of furan rings is 1. The number of aliphatic imine (C=N–C) groups is 1. The molecule has 1 aromatic heterocycles. The van der Waals surface area contributed by atoms with E-state index in [9.17, 15) is 0 Å². The average molecular weight is 331 g/mol. The molecule has 0 fully saturated rings. The lowest BCUT2D eigenvalue weighted by Gasteiger charge is -2.11. The van der Waals surface area contributed by atoms with E-state index in [4.69, 9.17) is 13.9 Å². The number of benzene rings is 1. The maximum atomic E-state index is 5.70. The predicted octanol–water partition coefficient (Wildman–Crippen LogP) is 2.81. The van der Waals surface area contributed by atoms with Crippen molar-refractivity contribution in [1.82, 2.24) is 10.6 Å². The van der Waals surface area contributed by atoms with Gasteiger partial charge < -0.3 is 24.5 Å². The summed E-state index contributed by atoms with van der Waals surface area (Å²) in [7, 11) is 1.65. The molecular formula is C18H25N3O3. The Morgan fingerprint density at radius 2 is 1.92 bits per heavy atom. The Bertz CT molecular complexity index is 594. The van der Waals surface area contributed by atoms with Gasteiger partial charge in [0.2, 0.25) is 0 Å². The topological polar surface area (TPSA) is 68.0 Å². The summed E-state index contributed by atoms with van der Waals surface area (Å²) in [6.45, 7) is 4.78. The maximum Gasteiger partial charge on any atom is 0.191 e. The molecule has 24 heavy (non-hydrogen) atoms. The molecule has 0 atom stereocenters. The molecule has 2 aromatic rings. The number of methoxy groups -OCH3 is 1. The first-order valence-corrected chi connectivity index (χ1v) is 8.13. The van der Waals surface area contributed by atoms with Gasteiger partial charge >= 0.3 is 0 Å². The van der Waals surface area contributed by atoms with Crippen LogP contribution in [0.25, 0.3) is 0 Å². The third kappa shape index (κ3) is 6.24. The van der Waals surface area contributed by atoms with Crippen LogP contribution in [0.15, 0.2) is 52.1 Å². The van der Waals surface area contributed by atoms with E-state index in [1.165, 1.54) is 0 Å². The fourth-order valence-electron chi connectivity index (χ4n) is 2.04. The molecule has 0 saturated carbocycles. The second-order valence-electron chi connectivity index (χ2n) is 5.08. The molecule has 2 rings (SSSR count). The summed E-state index contributed by atoms with van der Waals surface area (Å²) in [4.78, 5) is 4.48. The molecule has 1 aromatic carbocycles. The van der Waals surface area contributed by atoms with Crippen molar-refractivity contribution in [3.05, 3.63) is 48.4 Å². The standard InChI is InChI=1S/C18H25N3O3/c1-3-19-18(21-14-17-6-4-12-24-17)20-11-5-13-23-16-9-7-15(22-2)8-10-16/h4,6-10,12H,3,5,11,13-14H2,1-2H3,(H2,19,20,21). The number of hydrogen-bond acceptors (Lipinski definition) is 4. The van der Waals surface area contributed by atoms with E-state index >= 15 is 0 Å². The average Bonchev–Trinajstić information content (AvgIpc) is 3.13. The molecule has 0 aliphatic heterocycles. The number of rotatable bonds is 9. The Morgan fingerprint density at radius 3 is 2.58 bits per heavy atom. The van der Waals surface area contributed by atoms with Gasteiger partial charge in [-0.3, -0.25) is 0 Å². The Kier molecular flexibility index (Phi) is 7.53. The van der Waals surface area contributed by atoms with Gasteiger partial charge in [-0.25, -0.2) is 4.99 Å². The lowest BCUT2D eigenvalue weighted by Crippen LogP contribution is -2.38. The molecule has 0 aliphatic rings. The van der Waals surface area contributed by atoms with Crippen LogP contribution in [0.4, 0.5) is 0 Å². The molecule has 6 heteroatoms. The smallest absolute Gasteiger partial charge is 0.191 e. The van der Waals surface area contributed by atoms with Crippen LogP contribution in [0.3, 0.4) is 0 Å². The minimum Gasteiger partial charge on any atom is -0.497 e. The molecule has 0 bridgehead atoms. The maximum absolute atomic E-state index is 5.70. The molecule has 0 unspecified atom stereocenters. The monoisotopic (exact) mass is 331 g/mol. The van der Waals surface area contributed by atoms with E-state index in [-0.39, 0.29) is 0 Å². The van der Waals surface area contributed by atoms with Gasteiger partial charge in [0.1, 0.15) is 23.8 Å². The predicted molar refractivity (Wildman–Crippen MR) is 94.6 cm³/mol. The van der Waals surface area contributed by atoms with E-state index in [1.54, 1.807) is 13.4 Å². The van der Waals surface area contributed by atoms with Crippen LogP contribution in [0.5, 0.6) is 11.5 Å². The highest BCUT2D eigenvalue weighted by molar-refractivity contribution is 5.79. The van der Waals surface area contributed by atoms with Crippen LogP contribution in [0, 0.1) is 0 Å². The normalized spacial score (nSPS) is 11.2. The Balaban J connectivity index is 1.67. The molecule has 0 amide bonds. The first-order chi connectivity index (χ1) is 11.8. The first kappa shape index (κ1) is 17.7. The zero-order chi connectivity index (χ0) is 17.0. The number of nitrogens with one attached hydrogen (secondary N) is 2. The highest BCUT2D eigenvalue weighted by Crippen LogP contribution is 2.16. The van der Waals surface area contributed by atoms with Gasteiger partial charge in [-0.2, -0.15) is 0 Å². The van der Waals surface area contributed by atoms with Crippen LogP contribution in [-0.2, 0) is 6.54 Å². The van der Waals surface area contributed by atoms with Crippen molar-refractivity contribution in [2.75, 3.05) is 26.8 Å². The molecule has 130 valence electrons. The van der Waals surface area contributed by atoms with Crippen molar-refractivity contribution in [2.24, 2.45) is 4.99 Å². The van der Waals surface area contributed by atoms with Crippen LogP contribution in [0.1, 0.15) is 19.1 Å². The summed E-state index contributed by atoms with van der Waals surface area (Å²) < 4.78 is 16.1. The zero-order valence-corrected chi connectivity index (χ0v) is 14.2. The molecule has 0 spiro atoms. The summed E-state index contributed by atoms with van der Waals surface area (Å²) in [5.41, 5.74) is 0. The van der Waals surface area contributed by atoms with Gasteiger partial charge in [0.05, 0.1) is 20.0 Å². The molecule has 6 nitrogen and oxygen atoms in total. The quantitative estimate of drug-likeness (QED) is 0.420.